The van der Waals surface area contributed by atoms with E-state index in [0.717, 1.165) is 27.3 Å². The van der Waals surface area contributed by atoms with Crippen molar-refractivity contribution in [2.24, 2.45) is 0 Å². The van der Waals surface area contributed by atoms with Crippen molar-refractivity contribution in [3.63, 3.8) is 0 Å². The zero-order chi connectivity index (χ0) is 28.7. The van der Waals surface area contributed by atoms with Crippen LogP contribution in [-0.2, 0) is 32.6 Å². The van der Waals surface area contributed by atoms with Gasteiger partial charge in [0.15, 0.2) is 0 Å². The number of nitrogens with one attached hydrogen (secondary N) is 1. The number of anilines is 1. The first kappa shape index (κ1) is 30.2. The fourth-order valence-corrected chi connectivity index (χ4v) is 5.47. The second-order valence-corrected chi connectivity index (χ2v) is 12.3. The summed E-state index contributed by atoms with van der Waals surface area (Å²) >= 11 is 6.29. The van der Waals surface area contributed by atoms with Crippen molar-refractivity contribution in [1.82, 2.24) is 10.2 Å². The van der Waals surface area contributed by atoms with Crippen LogP contribution in [0.3, 0.4) is 0 Å². The molecule has 0 bridgehead atoms. The van der Waals surface area contributed by atoms with Crippen molar-refractivity contribution in [3.8, 4) is 0 Å². The highest BCUT2D eigenvalue weighted by Gasteiger charge is 2.33. The van der Waals surface area contributed by atoms with Gasteiger partial charge in [-0.3, -0.25) is 13.9 Å². The highest BCUT2D eigenvalue weighted by Crippen LogP contribution is 2.28. The van der Waals surface area contributed by atoms with Crippen LogP contribution in [0, 0.1) is 13.8 Å². The van der Waals surface area contributed by atoms with E-state index in [4.69, 9.17) is 11.6 Å². The molecule has 0 radical (unpaired) electrons. The fourth-order valence-electron chi connectivity index (χ4n) is 4.40. The molecular weight excluding hydrogens is 534 g/mol. The molecule has 0 saturated carbocycles. The number of hydrogen-bond acceptors (Lipinski definition) is 4. The van der Waals surface area contributed by atoms with Gasteiger partial charge in [0.2, 0.25) is 21.8 Å². The van der Waals surface area contributed by atoms with E-state index in [1.54, 1.807) is 25.1 Å². The van der Waals surface area contributed by atoms with Gasteiger partial charge in [-0.1, -0.05) is 77.8 Å². The lowest BCUT2D eigenvalue weighted by atomic mass is 10.0. The summed E-state index contributed by atoms with van der Waals surface area (Å²) in [4.78, 5) is 29.1. The van der Waals surface area contributed by atoms with Gasteiger partial charge in [0, 0.05) is 24.0 Å². The Labute approximate surface area is 236 Å². The van der Waals surface area contributed by atoms with E-state index in [0.29, 0.717) is 16.3 Å². The van der Waals surface area contributed by atoms with Crippen LogP contribution in [0.15, 0.2) is 72.8 Å². The number of carbonyl (C=O) groups is 2. The van der Waals surface area contributed by atoms with E-state index >= 15 is 0 Å². The van der Waals surface area contributed by atoms with E-state index in [1.165, 1.54) is 4.90 Å². The van der Waals surface area contributed by atoms with Crippen LogP contribution in [0.5, 0.6) is 0 Å². The van der Waals surface area contributed by atoms with E-state index in [9.17, 15) is 18.0 Å². The number of halogens is 1. The number of carbonyl (C=O) groups excluding carboxylic acids is 2. The van der Waals surface area contributed by atoms with Crippen molar-refractivity contribution in [3.05, 3.63) is 100 Å². The second kappa shape index (κ2) is 13.1. The number of hydrogen-bond donors (Lipinski definition) is 1. The first-order valence-electron chi connectivity index (χ1n) is 12.8. The standard InChI is InChI=1S/C30H36ClN3O4S/c1-21(2)32-30(36)28(18-24-12-7-6-8-13-24)33(19-25-14-9-11-22(3)17-25)29(35)20-34(39(5,37)38)27-16-10-15-26(31)23(27)4/h6-17,21,28H,18-20H2,1-5H3,(H,32,36)/t28-/m1/s1. The number of sulfonamides is 1. The average molecular weight is 570 g/mol. The Balaban J connectivity index is 2.08. The van der Waals surface area contributed by atoms with Gasteiger partial charge in [-0.15, -0.1) is 0 Å². The largest absolute Gasteiger partial charge is 0.352 e. The lowest BCUT2D eigenvalue weighted by Gasteiger charge is -2.34. The maximum atomic E-state index is 14.1. The molecule has 0 fully saturated rings. The molecule has 1 atom stereocenters. The Kier molecular flexibility index (Phi) is 10.2. The van der Waals surface area contributed by atoms with E-state index < -0.39 is 28.5 Å². The normalized spacial score (nSPS) is 12.2. The van der Waals surface area contributed by atoms with Crippen molar-refractivity contribution >= 4 is 39.1 Å². The molecule has 7 nitrogen and oxygen atoms in total. The molecule has 0 spiro atoms. The van der Waals surface area contributed by atoms with Crippen LogP contribution in [0.1, 0.15) is 36.1 Å². The number of aryl methyl sites for hydroxylation is 1. The minimum atomic E-state index is -3.86. The number of benzene rings is 3. The third kappa shape index (κ3) is 8.31. The molecular formula is C30H36ClN3O4S. The van der Waals surface area contributed by atoms with Gasteiger partial charge in [0.1, 0.15) is 12.6 Å². The molecule has 3 aromatic rings. The van der Waals surface area contributed by atoms with Gasteiger partial charge >= 0.3 is 0 Å². The summed E-state index contributed by atoms with van der Waals surface area (Å²) in [5.41, 5.74) is 3.59. The van der Waals surface area contributed by atoms with Gasteiger partial charge in [-0.05, 0) is 56.5 Å². The summed E-state index contributed by atoms with van der Waals surface area (Å²) in [5, 5.41) is 3.34. The lowest BCUT2D eigenvalue weighted by molar-refractivity contribution is -0.140. The smallest absolute Gasteiger partial charge is 0.244 e. The zero-order valence-electron chi connectivity index (χ0n) is 23.0. The van der Waals surface area contributed by atoms with Crippen LogP contribution < -0.4 is 9.62 Å². The summed E-state index contributed by atoms with van der Waals surface area (Å²) in [6.07, 6.45) is 1.32. The predicted molar refractivity (Wildman–Crippen MR) is 157 cm³/mol. The lowest BCUT2D eigenvalue weighted by Crippen LogP contribution is -2.54. The molecule has 2 amide bonds. The molecule has 0 aliphatic rings. The fraction of sp³-hybridized carbons (Fsp3) is 0.333. The molecule has 0 saturated heterocycles. The SMILES string of the molecule is Cc1cccc(CN(C(=O)CN(c2cccc(Cl)c2C)S(C)(=O)=O)[C@H](Cc2ccccc2)C(=O)NC(C)C)c1. The minimum Gasteiger partial charge on any atom is -0.352 e. The van der Waals surface area contributed by atoms with Crippen molar-refractivity contribution in [2.75, 3.05) is 17.1 Å². The molecule has 0 unspecified atom stereocenters. The summed E-state index contributed by atoms with van der Waals surface area (Å²) in [7, 11) is -3.86. The van der Waals surface area contributed by atoms with Gasteiger partial charge < -0.3 is 10.2 Å². The number of amides is 2. The zero-order valence-corrected chi connectivity index (χ0v) is 24.6. The van der Waals surface area contributed by atoms with Gasteiger partial charge in [0.25, 0.3) is 0 Å². The first-order valence-corrected chi connectivity index (χ1v) is 15.0. The quantitative estimate of drug-likeness (QED) is 0.356. The van der Waals surface area contributed by atoms with Gasteiger partial charge in [0.05, 0.1) is 11.9 Å². The summed E-state index contributed by atoms with van der Waals surface area (Å²) < 4.78 is 26.9. The summed E-state index contributed by atoms with van der Waals surface area (Å²) in [6, 6.07) is 21.1. The highest BCUT2D eigenvalue weighted by molar-refractivity contribution is 7.92. The molecule has 3 aromatic carbocycles. The summed E-state index contributed by atoms with van der Waals surface area (Å²) in [5.74, 6) is -0.805. The Morgan fingerprint density at radius 2 is 1.56 bits per heavy atom. The molecule has 9 heteroatoms. The van der Waals surface area contributed by atoms with Crippen LogP contribution >= 0.6 is 11.6 Å². The van der Waals surface area contributed by atoms with Crippen molar-refractivity contribution in [1.29, 1.82) is 0 Å². The molecule has 0 aliphatic heterocycles. The Morgan fingerprint density at radius 1 is 0.923 bits per heavy atom. The molecule has 0 heterocycles. The molecule has 208 valence electrons. The monoisotopic (exact) mass is 569 g/mol. The van der Waals surface area contributed by atoms with Crippen LogP contribution in [0.25, 0.3) is 0 Å². The Hall–Kier alpha value is -3.36. The van der Waals surface area contributed by atoms with Gasteiger partial charge in [-0.25, -0.2) is 8.42 Å². The van der Waals surface area contributed by atoms with Crippen molar-refractivity contribution in [2.45, 2.75) is 52.7 Å². The molecule has 39 heavy (non-hydrogen) atoms. The molecule has 0 aliphatic carbocycles. The number of rotatable bonds is 11. The maximum absolute atomic E-state index is 14.1. The molecule has 3 rings (SSSR count). The Morgan fingerprint density at radius 3 is 2.18 bits per heavy atom. The minimum absolute atomic E-state index is 0.135. The van der Waals surface area contributed by atoms with Crippen LogP contribution in [0.4, 0.5) is 5.69 Å². The number of nitrogens with zero attached hydrogens (tertiary/aromatic N) is 2. The predicted octanol–water partition coefficient (Wildman–Crippen LogP) is 4.89. The van der Waals surface area contributed by atoms with Crippen LogP contribution in [-0.4, -0.2) is 50.0 Å². The topological polar surface area (TPSA) is 86.8 Å². The average Bonchev–Trinajstić information content (AvgIpc) is 2.86. The Bertz CT molecular complexity index is 1410. The van der Waals surface area contributed by atoms with Gasteiger partial charge in [-0.2, -0.15) is 0 Å². The van der Waals surface area contributed by atoms with Crippen molar-refractivity contribution < 1.29 is 18.0 Å². The maximum Gasteiger partial charge on any atom is 0.244 e. The second-order valence-electron chi connectivity index (χ2n) is 10.0. The molecule has 1 N–H and O–H groups in total. The van der Waals surface area contributed by atoms with E-state index in [2.05, 4.69) is 5.32 Å². The summed E-state index contributed by atoms with van der Waals surface area (Å²) in [6.45, 7) is 7.03. The first-order chi connectivity index (χ1) is 18.4. The molecule has 0 aromatic heterocycles. The van der Waals surface area contributed by atoms with Crippen LogP contribution in [0.2, 0.25) is 5.02 Å². The van der Waals surface area contributed by atoms with E-state index in [-0.39, 0.29) is 24.9 Å². The third-order valence-corrected chi connectivity index (χ3v) is 7.86. The third-order valence-electron chi connectivity index (χ3n) is 6.32. The van der Waals surface area contributed by atoms with E-state index in [1.807, 2.05) is 75.4 Å². The highest BCUT2D eigenvalue weighted by atomic mass is 35.5.